The fourth-order valence-corrected chi connectivity index (χ4v) is 6.00. The Bertz CT molecular complexity index is 1220. The standard InChI is InChI=1S/C10H17N6O13P3.3Na/c11-10-13-7-4(8(19)14-10)12-2-16(7)9-6(18)5(17)3(28-9)1-27-32(25,26)29-31(23,24)15-30(20,21)22;;;/h2-3,5-6,9,17-18H,1H2,(H,25,26)(H3,11,13,14,19)(H4,15,20,21,22,23,24);;;/q;3*+1/p-3/t3-,5-,6-,9-;;;/m1.../s1. The van der Waals surface area contributed by atoms with Crippen LogP contribution in [0.3, 0.4) is 0 Å². The molecule has 1 aliphatic heterocycles. The second-order valence-electron chi connectivity index (χ2n) is 6.26. The number of aliphatic hydroxyl groups is 2. The van der Waals surface area contributed by atoms with Crippen LogP contribution >= 0.6 is 23.3 Å². The van der Waals surface area contributed by atoms with E-state index in [2.05, 4.69) is 23.8 Å². The Balaban J connectivity index is 0.00000385. The molecule has 35 heavy (non-hydrogen) atoms. The number of fused-ring (bicyclic) bond motifs is 1. The van der Waals surface area contributed by atoms with Gasteiger partial charge in [-0.1, -0.05) is 0 Å². The molecule has 0 amide bonds. The second kappa shape index (κ2) is 13.7. The summed E-state index contributed by atoms with van der Waals surface area (Å²) in [7, 11) is -17.3. The molecular formula is C10H14N6Na3O13P3. The molecule has 7 atom stereocenters. The normalized spacial score (nSPS) is 26.9. The van der Waals surface area contributed by atoms with Gasteiger partial charge in [0.2, 0.25) is 21.4 Å². The number of nitrogen functional groups attached to an aromatic ring is 1. The minimum absolute atomic E-state index is 0. The average Bonchev–Trinajstić information content (AvgIpc) is 3.12. The number of anilines is 1. The molecule has 1 fully saturated rings. The van der Waals surface area contributed by atoms with E-state index in [1.807, 2.05) is 0 Å². The van der Waals surface area contributed by atoms with Gasteiger partial charge in [0.05, 0.1) is 12.9 Å². The van der Waals surface area contributed by atoms with Crippen molar-refractivity contribution in [2.24, 2.45) is 0 Å². The zero-order chi connectivity index (χ0) is 24.1. The van der Waals surface area contributed by atoms with Crippen LogP contribution in [0.25, 0.3) is 11.2 Å². The summed E-state index contributed by atoms with van der Waals surface area (Å²) in [6.45, 7) is -1.09. The van der Waals surface area contributed by atoms with Crippen LogP contribution in [0.1, 0.15) is 6.23 Å². The molecular weight excluding hydrogens is 574 g/mol. The number of hydrogen-bond donors (Lipinski definition) is 6. The van der Waals surface area contributed by atoms with Crippen molar-refractivity contribution in [1.82, 2.24) is 24.4 Å². The summed E-state index contributed by atoms with van der Waals surface area (Å²) in [6, 6.07) is 0. The van der Waals surface area contributed by atoms with Crippen molar-refractivity contribution in [1.29, 1.82) is 0 Å². The van der Waals surface area contributed by atoms with Crippen LogP contribution in [0.2, 0.25) is 0 Å². The quantitative estimate of drug-likeness (QED) is 0.123. The fourth-order valence-electron chi connectivity index (χ4n) is 2.72. The molecule has 0 radical (unpaired) electrons. The molecule has 0 saturated carbocycles. The van der Waals surface area contributed by atoms with Crippen molar-refractivity contribution < 1.29 is 146 Å². The third kappa shape index (κ3) is 9.54. The SMILES string of the molecule is Nc1nc2c(ncn2[C@@H]2O[C@H](COP(=O)([O-])OP(=O)([O-])NP(=O)([O-])O)[C@@H](O)[C@H]2O)c(=O)[nH]1.[Na+].[Na+].[Na+]. The molecule has 1 aliphatic rings. The van der Waals surface area contributed by atoms with E-state index in [0.717, 1.165) is 10.9 Å². The summed E-state index contributed by atoms with van der Waals surface area (Å²) < 4.78 is 47.6. The van der Waals surface area contributed by atoms with Crippen molar-refractivity contribution >= 4 is 40.4 Å². The molecule has 7 N–H and O–H groups in total. The Labute approximate surface area is 261 Å². The number of nitrogens with one attached hydrogen (secondary N) is 2. The van der Waals surface area contributed by atoms with Crippen LogP contribution in [0.15, 0.2) is 11.1 Å². The summed E-state index contributed by atoms with van der Waals surface area (Å²) in [5.41, 5.74) is 4.44. The van der Waals surface area contributed by atoms with Gasteiger partial charge in [-0.2, -0.15) is 9.84 Å². The number of ether oxygens (including phenoxy) is 1. The molecule has 180 valence electrons. The molecule has 3 unspecified atom stereocenters. The predicted octanol–water partition coefficient (Wildman–Crippen LogP) is -13.6. The first-order valence-electron chi connectivity index (χ1n) is 8.14. The maximum atomic E-state index is 11.8. The van der Waals surface area contributed by atoms with E-state index in [0.29, 0.717) is 4.86 Å². The maximum absolute atomic E-state index is 11.8. The average molecular weight is 588 g/mol. The monoisotopic (exact) mass is 588 g/mol. The molecule has 0 aliphatic carbocycles. The number of nitrogens with zero attached hydrogens (tertiary/aromatic N) is 3. The first-order chi connectivity index (χ1) is 14.6. The van der Waals surface area contributed by atoms with Gasteiger partial charge in [-0.15, -0.1) is 0 Å². The van der Waals surface area contributed by atoms with Crippen LogP contribution in [-0.4, -0.2) is 59.5 Å². The van der Waals surface area contributed by atoms with Crippen LogP contribution in [0.5, 0.6) is 0 Å². The topological polar surface area (TPSA) is 310 Å². The van der Waals surface area contributed by atoms with Crippen molar-refractivity contribution in [3.8, 4) is 0 Å². The van der Waals surface area contributed by atoms with Gasteiger partial charge in [0.15, 0.2) is 17.4 Å². The summed E-state index contributed by atoms with van der Waals surface area (Å²) in [6.07, 6.45) is -5.50. The molecule has 25 heteroatoms. The van der Waals surface area contributed by atoms with Crippen LogP contribution in [-0.2, 0) is 27.3 Å². The number of aromatic amines is 1. The van der Waals surface area contributed by atoms with Gasteiger partial charge in [-0.05, 0) is 0 Å². The van der Waals surface area contributed by atoms with E-state index in [1.165, 1.54) is 0 Å². The van der Waals surface area contributed by atoms with Crippen molar-refractivity contribution in [2.75, 3.05) is 12.3 Å². The van der Waals surface area contributed by atoms with Gasteiger partial charge in [0.1, 0.15) is 18.3 Å². The number of H-pyrrole nitrogens is 1. The number of aromatic nitrogens is 4. The Morgan fingerprint density at radius 3 is 2.37 bits per heavy atom. The number of hydrogen-bond acceptors (Lipinski definition) is 15. The third-order valence-corrected chi connectivity index (χ3v) is 8.03. The van der Waals surface area contributed by atoms with Gasteiger partial charge in [0.25, 0.3) is 13.4 Å². The minimum atomic E-state index is -5.86. The Hall–Kier alpha value is 1.44. The van der Waals surface area contributed by atoms with Gasteiger partial charge >= 0.3 is 88.7 Å². The van der Waals surface area contributed by atoms with Crippen molar-refractivity contribution in [3.05, 3.63) is 16.7 Å². The Morgan fingerprint density at radius 2 is 1.80 bits per heavy atom. The van der Waals surface area contributed by atoms with Gasteiger partial charge in [-0.3, -0.25) is 32.4 Å². The number of phosphoric ester groups is 1. The third-order valence-electron chi connectivity index (χ3n) is 3.92. The molecule has 2 aromatic rings. The predicted molar refractivity (Wildman–Crippen MR) is 93.7 cm³/mol. The summed E-state index contributed by atoms with van der Waals surface area (Å²) >= 11 is 0. The van der Waals surface area contributed by atoms with Crippen molar-refractivity contribution in [3.63, 3.8) is 0 Å². The molecule has 0 aromatic carbocycles. The van der Waals surface area contributed by atoms with Gasteiger partial charge < -0.3 is 44.8 Å². The van der Waals surface area contributed by atoms with Crippen LogP contribution in [0.4, 0.5) is 5.95 Å². The van der Waals surface area contributed by atoms with Crippen LogP contribution in [0, 0.1) is 0 Å². The summed E-state index contributed by atoms with van der Waals surface area (Å²) in [5.74, 6) is -0.289. The minimum Gasteiger partial charge on any atom is -0.766 e. The van der Waals surface area contributed by atoms with Gasteiger partial charge in [-0.25, -0.2) is 4.98 Å². The molecule has 1 saturated heterocycles. The molecule has 3 heterocycles. The second-order valence-corrected chi connectivity index (χ2v) is 10.9. The molecule has 3 rings (SSSR count). The van der Waals surface area contributed by atoms with E-state index >= 15 is 0 Å². The first kappa shape index (κ1) is 36.4. The van der Waals surface area contributed by atoms with Crippen LogP contribution < -0.4 is 120 Å². The van der Waals surface area contributed by atoms with E-state index in [1.54, 1.807) is 0 Å². The Morgan fingerprint density at radius 1 is 1.20 bits per heavy atom. The summed E-state index contributed by atoms with van der Waals surface area (Å²) in [4.78, 5) is 64.1. The molecule has 2 aromatic heterocycles. The summed E-state index contributed by atoms with van der Waals surface area (Å²) in [5, 5.41) is 20.4. The zero-order valence-corrected chi connectivity index (χ0v) is 27.0. The van der Waals surface area contributed by atoms with E-state index < -0.39 is 60.0 Å². The number of aliphatic hydroxyl groups excluding tert-OH is 2. The molecule has 0 spiro atoms. The zero-order valence-electron chi connectivity index (χ0n) is 18.3. The van der Waals surface area contributed by atoms with E-state index in [-0.39, 0.29) is 106 Å². The number of imidazole rings is 1. The number of rotatable bonds is 8. The van der Waals surface area contributed by atoms with Gasteiger partial charge in [0, 0.05) is 0 Å². The molecule has 0 bridgehead atoms. The van der Waals surface area contributed by atoms with Crippen molar-refractivity contribution in [2.45, 2.75) is 24.5 Å². The van der Waals surface area contributed by atoms with E-state index in [9.17, 15) is 43.4 Å². The fraction of sp³-hybridized carbons (Fsp3) is 0.500. The largest absolute Gasteiger partial charge is 1.00 e. The number of phosphoric acid groups is 1. The maximum Gasteiger partial charge on any atom is 1.00 e. The first-order valence-corrected chi connectivity index (χ1v) is 12.7. The Kier molecular flexibility index (Phi) is 14.2. The number of nitrogens with two attached hydrogens (primary N) is 1. The van der Waals surface area contributed by atoms with E-state index in [4.69, 9.17) is 15.4 Å². The molecule has 19 nitrogen and oxygen atoms in total. The smallest absolute Gasteiger partial charge is 0.766 e.